The molecule has 0 bridgehead atoms. The first-order chi connectivity index (χ1) is 8.93. The maximum absolute atomic E-state index is 11.8. The normalized spacial score (nSPS) is 15.4. The van der Waals surface area contributed by atoms with Gasteiger partial charge in [0, 0.05) is 11.7 Å². The number of aliphatic hydroxyl groups excluding tert-OH is 1. The summed E-state index contributed by atoms with van der Waals surface area (Å²) in [4.78, 5) is 11.8. The first-order valence-corrected chi connectivity index (χ1v) is 6.79. The second-order valence-corrected chi connectivity index (χ2v) is 5.07. The minimum Gasteiger partial charge on any atom is -0.389 e. The zero-order chi connectivity index (χ0) is 14.4. The van der Waals surface area contributed by atoms with Gasteiger partial charge in [0.15, 0.2) is 0 Å². The van der Waals surface area contributed by atoms with Crippen molar-refractivity contribution in [2.45, 2.75) is 46.3 Å². The van der Waals surface area contributed by atoms with Crippen LogP contribution in [0.2, 0.25) is 0 Å². The number of carbonyl (C=O) groups excluding carboxylic acids is 1. The van der Waals surface area contributed by atoms with E-state index < -0.39 is 6.10 Å². The van der Waals surface area contributed by atoms with Crippen molar-refractivity contribution in [3.8, 4) is 0 Å². The molecule has 0 heterocycles. The van der Waals surface area contributed by atoms with Crippen molar-refractivity contribution in [3.05, 3.63) is 29.8 Å². The van der Waals surface area contributed by atoms with E-state index >= 15 is 0 Å². The molecule has 0 radical (unpaired) electrons. The van der Waals surface area contributed by atoms with Crippen molar-refractivity contribution in [2.24, 2.45) is 5.92 Å². The lowest BCUT2D eigenvalue weighted by Gasteiger charge is -2.20. The predicted octanol–water partition coefficient (Wildman–Crippen LogP) is 3.30. The van der Waals surface area contributed by atoms with Crippen molar-refractivity contribution in [1.29, 1.82) is 0 Å². The standard InChI is InChI=1S/C15H24N2O2/c1-5-10(2)11(3)16-15(19)17-14-8-6-7-13(9-14)12(4)18/h6-12,18H,5H2,1-4H3,(H2,16,17,19). The van der Waals surface area contributed by atoms with E-state index in [1.54, 1.807) is 19.1 Å². The van der Waals surface area contributed by atoms with Crippen LogP contribution in [-0.2, 0) is 0 Å². The average Bonchev–Trinajstić information content (AvgIpc) is 2.37. The monoisotopic (exact) mass is 264 g/mol. The van der Waals surface area contributed by atoms with Crippen LogP contribution in [0.5, 0.6) is 0 Å². The van der Waals surface area contributed by atoms with Gasteiger partial charge in [-0.05, 0) is 37.5 Å². The Morgan fingerprint density at radius 1 is 1.32 bits per heavy atom. The number of aliphatic hydroxyl groups is 1. The molecule has 0 aliphatic heterocycles. The van der Waals surface area contributed by atoms with Crippen LogP contribution < -0.4 is 10.6 Å². The van der Waals surface area contributed by atoms with Crippen LogP contribution >= 0.6 is 0 Å². The average molecular weight is 264 g/mol. The molecule has 0 saturated heterocycles. The van der Waals surface area contributed by atoms with E-state index in [1.165, 1.54) is 0 Å². The van der Waals surface area contributed by atoms with Crippen LogP contribution in [0, 0.1) is 5.92 Å². The van der Waals surface area contributed by atoms with Gasteiger partial charge >= 0.3 is 6.03 Å². The van der Waals surface area contributed by atoms with E-state index in [1.807, 2.05) is 19.1 Å². The first kappa shape index (κ1) is 15.5. The second kappa shape index (κ2) is 7.14. The molecule has 3 N–H and O–H groups in total. The number of anilines is 1. The lowest BCUT2D eigenvalue weighted by atomic mass is 10.0. The molecule has 3 unspecified atom stereocenters. The zero-order valence-corrected chi connectivity index (χ0v) is 12.1. The third kappa shape index (κ3) is 4.91. The fourth-order valence-electron chi connectivity index (χ4n) is 1.75. The third-order valence-electron chi connectivity index (χ3n) is 3.48. The molecular weight excluding hydrogens is 240 g/mol. The number of benzene rings is 1. The molecule has 4 heteroatoms. The maximum Gasteiger partial charge on any atom is 0.319 e. The van der Waals surface area contributed by atoms with Gasteiger partial charge in [-0.1, -0.05) is 32.4 Å². The summed E-state index contributed by atoms with van der Waals surface area (Å²) in [7, 11) is 0. The fourth-order valence-corrected chi connectivity index (χ4v) is 1.75. The molecule has 1 aromatic carbocycles. The van der Waals surface area contributed by atoms with Crippen LogP contribution in [-0.4, -0.2) is 17.2 Å². The molecular formula is C15H24N2O2. The van der Waals surface area contributed by atoms with Gasteiger partial charge < -0.3 is 15.7 Å². The van der Waals surface area contributed by atoms with Gasteiger partial charge in [0.1, 0.15) is 0 Å². The topological polar surface area (TPSA) is 61.4 Å². The molecule has 0 aromatic heterocycles. The summed E-state index contributed by atoms with van der Waals surface area (Å²) in [6.45, 7) is 7.91. The Labute approximate surface area is 115 Å². The van der Waals surface area contributed by atoms with E-state index in [0.717, 1.165) is 12.0 Å². The summed E-state index contributed by atoms with van der Waals surface area (Å²) in [6.07, 6.45) is 0.489. The zero-order valence-electron chi connectivity index (χ0n) is 12.1. The molecule has 0 saturated carbocycles. The fraction of sp³-hybridized carbons (Fsp3) is 0.533. The second-order valence-electron chi connectivity index (χ2n) is 5.07. The van der Waals surface area contributed by atoms with Gasteiger partial charge in [0.05, 0.1) is 6.10 Å². The largest absolute Gasteiger partial charge is 0.389 e. The molecule has 2 amide bonds. The smallest absolute Gasteiger partial charge is 0.319 e. The highest BCUT2D eigenvalue weighted by molar-refractivity contribution is 5.89. The molecule has 0 aliphatic carbocycles. The van der Waals surface area contributed by atoms with Crippen molar-refractivity contribution in [3.63, 3.8) is 0 Å². The molecule has 0 aliphatic rings. The first-order valence-electron chi connectivity index (χ1n) is 6.79. The Balaban J connectivity index is 2.59. The Morgan fingerprint density at radius 2 is 2.00 bits per heavy atom. The molecule has 0 spiro atoms. The molecule has 0 fully saturated rings. The van der Waals surface area contributed by atoms with E-state index in [2.05, 4.69) is 24.5 Å². The van der Waals surface area contributed by atoms with Crippen molar-refractivity contribution in [2.75, 3.05) is 5.32 Å². The van der Waals surface area contributed by atoms with Gasteiger partial charge in [-0.2, -0.15) is 0 Å². The summed E-state index contributed by atoms with van der Waals surface area (Å²) >= 11 is 0. The quantitative estimate of drug-likeness (QED) is 0.764. The summed E-state index contributed by atoms with van der Waals surface area (Å²) in [6, 6.07) is 7.14. The number of urea groups is 1. The lowest BCUT2D eigenvalue weighted by molar-refractivity contribution is 0.199. The lowest BCUT2D eigenvalue weighted by Crippen LogP contribution is -2.39. The molecule has 3 atom stereocenters. The number of hydrogen-bond acceptors (Lipinski definition) is 2. The van der Waals surface area contributed by atoms with E-state index in [0.29, 0.717) is 11.6 Å². The number of amides is 2. The van der Waals surface area contributed by atoms with Crippen LogP contribution in [0.15, 0.2) is 24.3 Å². The summed E-state index contributed by atoms with van der Waals surface area (Å²) in [5, 5.41) is 15.2. The number of rotatable bonds is 5. The Hall–Kier alpha value is -1.55. The van der Waals surface area contributed by atoms with Gasteiger partial charge in [0.25, 0.3) is 0 Å². The van der Waals surface area contributed by atoms with Gasteiger partial charge in [-0.3, -0.25) is 0 Å². The van der Waals surface area contributed by atoms with Crippen LogP contribution in [0.3, 0.4) is 0 Å². The Kier molecular flexibility index (Phi) is 5.83. The van der Waals surface area contributed by atoms with Gasteiger partial charge in [-0.25, -0.2) is 4.79 Å². The minimum absolute atomic E-state index is 0.130. The van der Waals surface area contributed by atoms with Gasteiger partial charge in [-0.15, -0.1) is 0 Å². The van der Waals surface area contributed by atoms with Crippen LogP contribution in [0.4, 0.5) is 10.5 Å². The predicted molar refractivity (Wildman–Crippen MR) is 78.1 cm³/mol. The molecule has 19 heavy (non-hydrogen) atoms. The highest BCUT2D eigenvalue weighted by atomic mass is 16.3. The maximum atomic E-state index is 11.8. The number of nitrogens with one attached hydrogen (secondary N) is 2. The summed E-state index contributed by atoms with van der Waals surface area (Å²) < 4.78 is 0. The van der Waals surface area contributed by atoms with Crippen molar-refractivity contribution >= 4 is 11.7 Å². The van der Waals surface area contributed by atoms with Crippen molar-refractivity contribution < 1.29 is 9.90 Å². The van der Waals surface area contributed by atoms with E-state index in [4.69, 9.17) is 0 Å². The highest BCUT2D eigenvalue weighted by Gasteiger charge is 2.13. The van der Waals surface area contributed by atoms with Crippen molar-refractivity contribution in [1.82, 2.24) is 5.32 Å². The van der Waals surface area contributed by atoms with Crippen LogP contribution in [0.1, 0.15) is 45.8 Å². The third-order valence-corrected chi connectivity index (χ3v) is 3.48. The Morgan fingerprint density at radius 3 is 2.58 bits per heavy atom. The molecule has 1 aromatic rings. The molecule has 106 valence electrons. The molecule has 1 rings (SSSR count). The highest BCUT2D eigenvalue weighted by Crippen LogP contribution is 2.17. The van der Waals surface area contributed by atoms with Crippen LogP contribution in [0.25, 0.3) is 0 Å². The SMILES string of the molecule is CCC(C)C(C)NC(=O)Nc1cccc(C(C)O)c1. The molecule has 4 nitrogen and oxygen atoms in total. The van der Waals surface area contributed by atoms with E-state index in [9.17, 15) is 9.90 Å². The van der Waals surface area contributed by atoms with Gasteiger partial charge in [0.2, 0.25) is 0 Å². The summed E-state index contributed by atoms with van der Waals surface area (Å²) in [5.74, 6) is 0.439. The number of hydrogen-bond donors (Lipinski definition) is 3. The number of carbonyl (C=O) groups is 1. The minimum atomic E-state index is -0.538. The summed E-state index contributed by atoms with van der Waals surface area (Å²) in [5.41, 5.74) is 1.47. The van der Waals surface area contributed by atoms with E-state index in [-0.39, 0.29) is 12.1 Å². The Bertz CT molecular complexity index is 418.